The molecule has 1 fully saturated rings. The summed E-state index contributed by atoms with van der Waals surface area (Å²) < 4.78 is 4.76. The molecule has 2 rings (SSSR count). The Morgan fingerprint density at radius 1 is 1.42 bits per heavy atom. The highest BCUT2D eigenvalue weighted by atomic mass is 16.5. The van der Waals surface area contributed by atoms with Gasteiger partial charge >= 0.3 is 6.09 Å². The second-order valence-corrected chi connectivity index (χ2v) is 5.93. The Bertz CT molecular complexity index is 551. The van der Waals surface area contributed by atoms with E-state index in [0.29, 0.717) is 19.1 Å². The molecule has 1 aliphatic heterocycles. The van der Waals surface area contributed by atoms with Gasteiger partial charge in [-0.25, -0.2) is 4.79 Å². The zero-order valence-electron chi connectivity index (χ0n) is 14.7. The van der Waals surface area contributed by atoms with E-state index in [1.54, 1.807) is 11.9 Å². The number of carbonyl (C=O) groups excluding carboxylic acids is 1. The van der Waals surface area contributed by atoms with Gasteiger partial charge in [0.2, 0.25) is 0 Å². The third-order valence-corrected chi connectivity index (χ3v) is 4.17. The van der Waals surface area contributed by atoms with E-state index in [-0.39, 0.29) is 6.09 Å². The Labute approximate surface area is 143 Å². The molecule has 1 aliphatic rings. The maximum Gasteiger partial charge on any atom is 0.409 e. The van der Waals surface area contributed by atoms with Gasteiger partial charge in [-0.05, 0) is 37.8 Å². The number of nitrogens with one attached hydrogen (secondary N) is 2. The summed E-state index contributed by atoms with van der Waals surface area (Å²) in [7, 11) is 3.19. The fourth-order valence-corrected chi connectivity index (χ4v) is 2.70. The van der Waals surface area contributed by atoms with Crippen molar-refractivity contribution in [2.24, 2.45) is 4.99 Å². The number of ether oxygens (including phenoxy) is 1. The number of aromatic nitrogens is 1. The molecule has 1 saturated heterocycles. The number of methoxy groups -OCH3 is 1. The number of likely N-dealkylation sites (tertiary alicyclic amines) is 1. The van der Waals surface area contributed by atoms with Crippen molar-refractivity contribution in [3.05, 3.63) is 29.6 Å². The molecule has 7 nitrogen and oxygen atoms in total. The quantitative estimate of drug-likeness (QED) is 0.642. The SMILES string of the molecule is CN=C(NCCc1ccc(C)nc1)NC1CCN(C(=O)OC)CC1. The van der Waals surface area contributed by atoms with Gasteiger partial charge in [0.25, 0.3) is 0 Å². The first-order valence-electron chi connectivity index (χ1n) is 8.34. The molecular weight excluding hydrogens is 306 g/mol. The van der Waals surface area contributed by atoms with Crippen LogP contribution in [-0.2, 0) is 11.2 Å². The number of aryl methyl sites for hydroxylation is 1. The molecule has 0 unspecified atom stereocenters. The van der Waals surface area contributed by atoms with E-state index in [9.17, 15) is 4.79 Å². The Hall–Kier alpha value is -2.31. The lowest BCUT2D eigenvalue weighted by atomic mass is 10.1. The van der Waals surface area contributed by atoms with Gasteiger partial charge in [0.05, 0.1) is 7.11 Å². The van der Waals surface area contributed by atoms with Gasteiger partial charge < -0.3 is 20.3 Å². The van der Waals surface area contributed by atoms with Crippen LogP contribution < -0.4 is 10.6 Å². The van der Waals surface area contributed by atoms with Gasteiger partial charge in [0, 0.05) is 44.6 Å². The standard InChI is InChI=1S/C17H27N5O2/c1-13-4-5-14(12-20-13)6-9-19-16(18-2)21-15-7-10-22(11-8-15)17(23)24-3/h4-5,12,15H,6-11H2,1-3H3,(H2,18,19,21). The van der Waals surface area contributed by atoms with E-state index in [2.05, 4.69) is 26.7 Å². The van der Waals surface area contributed by atoms with E-state index in [0.717, 1.165) is 37.5 Å². The second-order valence-electron chi connectivity index (χ2n) is 5.93. The number of pyridine rings is 1. The summed E-state index contributed by atoms with van der Waals surface area (Å²) in [5.41, 5.74) is 2.23. The summed E-state index contributed by atoms with van der Waals surface area (Å²) in [6.07, 6.45) is 4.34. The van der Waals surface area contributed by atoms with E-state index in [1.807, 2.05) is 19.2 Å². The number of hydrogen-bond acceptors (Lipinski definition) is 4. The highest BCUT2D eigenvalue weighted by molar-refractivity contribution is 5.80. The zero-order chi connectivity index (χ0) is 17.4. The van der Waals surface area contributed by atoms with Crippen LogP contribution in [0.3, 0.4) is 0 Å². The first kappa shape index (κ1) is 18.0. The van der Waals surface area contributed by atoms with Gasteiger partial charge in [-0.3, -0.25) is 9.98 Å². The third kappa shape index (κ3) is 5.40. The van der Waals surface area contributed by atoms with E-state index in [1.165, 1.54) is 12.7 Å². The van der Waals surface area contributed by atoms with Crippen molar-refractivity contribution in [2.75, 3.05) is 33.8 Å². The smallest absolute Gasteiger partial charge is 0.409 e. The molecule has 0 atom stereocenters. The van der Waals surface area contributed by atoms with Gasteiger partial charge in [0.1, 0.15) is 0 Å². The van der Waals surface area contributed by atoms with Gasteiger partial charge in [-0.2, -0.15) is 0 Å². The lowest BCUT2D eigenvalue weighted by molar-refractivity contribution is 0.111. The molecule has 1 aromatic heterocycles. The van der Waals surface area contributed by atoms with E-state index >= 15 is 0 Å². The van der Waals surface area contributed by atoms with Gasteiger partial charge in [-0.15, -0.1) is 0 Å². The molecule has 1 amide bonds. The Morgan fingerprint density at radius 2 is 2.17 bits per heavy atom. The monoisotopic (exact) mass is 333 g/mol. The Morgan fingerprint density at radius 3 is 2.75 bits per heavy atom. The van der Waals surface area contributed by atoms with Crippen molar-refractivity contribution >= 4 is 12.1 Å². The first-order valence-corrected chi connectivity index (χ1v) is 8.34. The molecule has 0 aliphatic carbocycles. The van der Waals surface area contributed by atoms with Crippen LogP contribution >= 0.6 is 0 Å². The van der Waals surface area contributed by atoms with Crippen molar-refractivity contribution < 1.29 is 9.53 Å². The molecule has 0 spiro atoms. The van der Waals surface area contributed by atoms with Crippen LogP contribution in [0.5, 0.6) is 0 Å². The number of hydrogen-bond donors (Lipinski definition) is 2. The van der Waals surface area contributed by atoms with E-state index < -0.39 is 0 Å². The van der Waals surface area contributed by atoms with Crippen molar-refractivity contribution in [3.63, 3.8) is 0 Å². The summed E-state index contributed by atoms with van der Waals surface area (Å²) in [6, 6.07) is 4.44. The van der Waals surface area contributed by atoms with Crippen molar-refractivity contribution in [1.82, 2.24) is 20.5 Å². The lowest BCUT2D eigenvalue weighted by Crippen LogP contribution is -2.50. The van der Waals surface area contributed by atoms with Gasteiger partial charge in [-0.1, -0.05) is 6.07 Å². The number of carbonyl (C=O) groups is 1. The minimum atomic E-state index is -0.248. The second kappa shape index (κ2) is 9.10. The number of aliphatic imine (C=N–C) groups is 1. The molecule has 0 aromatic carbocycles. The number of piperidine rings is 1. The van der Waals surface area contributed by atoms with Crippen LogP contribution in [0.25, 0.3) is 0 Å². The first-order chi connectivity index (χ1) is 11.6. The normalized spacial score (nSPS) is 16.0. The molecule has 0 saturated carbocycles. The highest BCUT2D eigenvalue weighted by Gasteiger charge is 2.23. The van der Waals surface area contributed by atoms with Crippen LogP contribution in [-0.4, -0.2) is 61.8 Å². The summed E-state index contributed by atoms with van der Waals surface area (Å²) in [5, 5.41) is 6.75. The van der Waals surface area contributed by atoms with Crippen LogP contribution in [0.4, 0.5) is 4.79 Å². The summed E-state index contributed by atoms with van der Waals surface area (Å²) in [4.78, 5) is 21.8. The number of guanidine groups is 1. The third-order valence-electron chi connectivity index (χ3n) is 4.17. The van der Waals surface area contributed by atoms with Crippen LogP contribution in [0.1, 0.15) is 24.1 Å². The van der Waals surface area contributed by atoms with Crippen molar-refractivity contribution in [2.45, 2.75) is 32.2 Å². The largest absolute Gasteiger partial charge is 0.453 e. The van der Waals surface area contributed by atoms with Gasteiger partial charge in [0.15, 0.2) is 5.96 Å². The van der Waals surface area contributed by atoms with Crippen LogP contribution in [0.2, 0.25) is 0 Å². The molecular formula is C17H27N5O2. The molecule has 2 heterocycles. The predicted octanol–water partition coefficient (Wildman–Crippen LogP) is 1.33. The van der Waals surface area contributed by atoms with Crippen LogP contribution in [0.15, 0.2) is 23.3 Å². The molecule has 0 radical (unpaired) electrons. The molecule has 0 bridgehead atoms. The topological polar surface area (TPSA) is 78.9 Å². The average molecular weight is 333 g/mol. The van der Waals surface area contributed by atoms with E-state index in [4.69, 9.17) is 4.74 Å². The maximum absolute atomic E-state index is 11.5. The molecule has 2 N–H and O–H groups in total. The maximum atomic E-state index is 11.5. The zero-order valence-corrected chi connectivity index (χ0v) is 14.7. The minimum Gasteiger partial charge on any atom is -0.453 e. The number of amides is 1. The summed E-state index contributed by atoms with van der Waals surface area (Å²) >= 11 is 0. The predicted molar refractivity (Wildman–Crippen MR) is 94.2 cm³/mol. The molecule has 132 valence electrons. The Balaban J connectivity index is 1.71. The summed E-state index contributed by atoms with van der Waals surface area (Å²) in [6.45, 7) is 4.19. The summed E-state index contributed by atoms with van der Waals surface area (Å²) in [5.74, 6) is 0.798. The van der Waals surface area contributed by atoms with Crippen molar-refractivity contribution in [1.29, 1.82) is 0 Å². The number of nitrogens with zero attached hydrogens (tertiary/aromatic N) is 3. The fourth-order valence-electron chi connectivity index (χ4n) is 2.70. The molecule has 1 aromatic rings. The molecule has 24 heavy (non-hydrogen) atoms. The van der Waals surface area contributed by atoms with Crippen molar-refractivity contribution in [3.8, 4) is 0 Å². The van der Waals surface area contributed by atoms with Crippen LogP contribution in [0, 0.1) is 6.92 Å². The minimum absolute atomic E-state index is 0.248. The highest BCUT2D eigenvalue weighted by Crippen LogP contribution is 2.11. The average Bonchev–Trinajstić information content (AvgIpc) is 2.62. The number of rotatable bonds is 4. The lowest BCUT2D eigenvalue weighted by Gasteiger charge is -2.32. The fraction of sp³-hybridized carbons (Fsp3) is 0.588. The Kier molecular flexibility index (Phi) is 6.84. The molecule has 7 heteroatoms.